The lowest BCUT2D eigenvalue weighted by Crippen LogP contribution is -2.52. The van der Waals surface area contributed by atoms with Gasteiger partial charge >= 0.3 is 0 Å². The van der Waals surface area contributed by atoms with Crippen molar-refractivity contribution >= 4 is 41.8 Å². The minimum Gasteiger partial charge on any atom is -0.350 e. The summed E-state index contributed by atoms with van der Waals surface area (Å²) in [6.45, 7) is 5.44. The maximum absolute atomic E-state index is 12.3. The van der Waals surface area contributed by atoms with E-state index < -0.39 is 0 Å². The number of aryl methyl sites for hydroxylation is 1. The highest BCUT2D eigenvalue weighted by Crippen LogP contribution is 2.15. The van der Waals surface area contributed by atoms with Gasteiger partial charge in [0.1, 0.15) is 12.4 Å². The summed E-state index contributed by atoms with van der Waals surface area (Å²) in [4.78, 5) is 16.8. The van der Waals surface area contributed by atoms with Crippen molar-refractivity contribution in [2.24, 2.45) is 0 Å². The highest BCUT2D eigenvalue weighted by atomic mass is 35.5. The zero-order chi connectivity index (χ0) is 14.8. The predicted molar refractivity (Wildman–Crippen MR) is 97.6 cm³/mol. The summed E-state index contributed by atoms with van der Waals surface area (Å²) in [7, 11) is 0. The molecule has 1 fully saturated rings. The van der Waals surface area contributed by atoms with Crippen molar-refractivity contribution in [2.75, 3.05) is 6.54 Å². The van der Waals surface area contributed by atoms with Gasteiger partial charge in [0.2, 0.25) is 5.91 Å². The normalized spacial score (nSPS) is 20.4. The van der Waals surface area contributed by atoms with Gasteiger partial charge < -0.3 is 15.2 Å². The van der Waals surface area contributed by atoms with Crippen LogP contribution in [0.15, 0.2) is 24.3 Å². The van der Waals surface area contributed by atoms with E-state index in [0.717, 1.165) is 36.2 Å². The van der Waals surface area contributed by atoms with Crippen LogP contribution in [0.5, 0.6) is 0 Å². The van der Waals surface area contributed by atoms with Gasteiger partial charge in [0, 0.05) is 12.1 Å². The number of hydrogen-bond acceptors (Lipinski definition) is 3. The number of imidazole rings is 1. The Hall–Kier alpha value is -1.30. The number of fused-ring (bicyclic) bond motifs is 1. The molecule has 2 aromatic rings. The van der Waals surface area contributed by atoms with Crippen LogP contribution in [-0.4, -0.2) is 34.1 Å². The highest BCUT2D eigenvalue weighted by molar-refractivity contribution is 5.85. The lowest BCUT2D eigenvalue weighted by molar-refractivity contribution is -0.122. The molecule has 1 aliphatic heterocycles. The molecule has 0 spiro atoms. The number of carbonyl (C=O) groups excluding carboxylic acids is 1. The summed E-state index contributed by atoms with van der Waals surface area (Å²) in [6.07, 6.45) is 2.16. The van der Waals surface area contributed by atoms with Crippen LogP contribution in [0.3, 0.4) is 0 Å². The maximum atomic E-state index is 12.3. The molecule has 2 atom stereocenters. The van der Waals surface area contributed by atoms with E-state index in [-0.39, 0.29) is 36.8 Å². The number of para-hydroxylation sites is 2. The molecular formula is C16H24Cl2N4O. The first-order valence-electron chi connectivity index (χ1n) is 7.60. The Balaban J connectivity index is 0.00000132. The number of hydrogen-bond donors (Lipinski definition) is 2. The molecule has 23 heavy (non-hydrogen) atoms. The number of piperidine rings is 1. The largest absolute Gasteiger partial charge is 0.350 e. The third-order valence-electron chi connectivity index (χ3n) is 4.26. The van der Waals surface area contributed by atoms with E-state index in [0.29, 0.717) is 12.6 Å². The van der Waals surface area contributed by atoms with E-state index in [9.17, 15) is 4.79 Å². The average molecular weight is 359 g/mol. The van der Waals surface area contributed by atoms with Gasteiger partial charge in [-0.15, -0.1) is 24.8 Å². The Labute approximate surface area is 149 Å². The third-order valence-corrected chi connectivity index (χ3v) is 4.26. The number of halogens is 2. The molecule has 3 rings (SSSR count). The van der Waals surface area contributed by atoms with Crippen LogP contribution in [0.1, 0.15) is 25.6 Å². The lowest BCUT2D eigenvalue weighted by atomic mass is 10.00. The molecule has 0 aliphatic carbocycles. The summed E-state index contributed by atoms with van der Waals surface area (Å²) in [5, 5.41) is 6.55. The summed E-state index contributed by atoms with van der Waals surface area (Å²) >= 11 is 0. The Morgan fingerprint density at radius 3 is 2.87 bits per heavy atom. The van der Waals surface area contributed by atoms with Crippen molar-refractivity contribution in [1.29, 1.82) is 0 Å². The van der Waals surface area contributed by atoms with Crippen LogP contribution in [0.4, 0.5) is 0 Å². The monoisotopic (exact) mass is 358 g/mol. The Morgan fingerprint density at radius 2 is 2.13 bits per heavy atom. The predicted octanol–water partition coefficient (Wildman–Crippen LogP) is 2.45. The van der Waals surface area contributed by atoms with Crippen LogP contribution >= 0.6 is 24.8 Å². The van der Waals surface area contributed by atoms with E-state index in [1.165, 1.54) is 0 Å². The first-order chi connectivity index (χ1) is 10.1. The molecule has 128 valence electrons. The molecule has 1 amide bonds. The summed E-state index contributed by atoms with van der Waals surface area (Å²) in [5.74, 6) is 0.933. The van der Waals surface area contributed by atoms with Gasteiger partial charge in [-0.05, 0) is 45.4 Å². The fourth-order valence-corrected chi connectivity index (χ4v) is 3.03. The first-order valence-corrected chi connectivity index (χ1v) is 7.60. The molecule has 2 unspecified atom stereocenters. The Kier molecular flexibility index (Phi) is 7.32. The summed E-state index contributed by atoms with van der Waals surface area (Å²) in [5.41, 5.74) is 1.95. The smallest absolute Gasteiger partial charge is 0.240 e. The first kappa shape index (κ1) is 19.7. The second-order valence-electron chi connectivity index (χ2n) is 5.79. The van der Waals surface area contributed by atoms with Crippen LogP contribution in [0.2, 0.25) is 0 Å². The zero-order valence-corrected chi connectivity index (χ0v) is 15.0. The molecular weight excluding hydrogens is 335 g/mol. The van der Waals surface area contributed by atoms with Crippen molar-refractivity contribution < 1.29 is 4.79 Å². The summed E-state index contributed by atoms with van der Waals surface area (Å²) in [6, 6.07) is 8.49. The molecule has 0 saturated carbocycles. The second kappa shape index (κ2) is 8.52. The lowest BCUT2D eigenvalue weighted by Gasteiger charge is -2.30. The van der Waals surface area contributed by atoms with Gasteiger partial charge in [0.05, 0.1) is 11.0 Å². The van der Waals surface area contributed by atoms with Crippen LogP contribution in [0, 0.1) is 6.92 Å². The van der Waals surface area contributed by atoms with E-state index in [1.54, 1.807) is 0 Å². The van der Waals surface area contributed by atoms with E-state index in [1.807, 2.05) is 35.8 Å². The summed E-state index contributed by atoms with van der Waals surface area (Å²) < 4.78 is 1.98. The fourth-order valence-electron chi connectivity index (χ4n) is 3.03. The van der Waals surface area contributed by atoms with E-state index in [4.69, 9.17) is 0 Å². The average Bonchev–Trinajstić information content (AvgIpc) is 2.78. The Morgan fingerprint density at radius 1 is 1.39 bits per heavy atom. The van der Waals surface area contributed by atoms with Gasteiger partial charge in [0.25, 0.3) is 0 Å². The number of amides is 1. The minimum atomic E-state index is 0. The number of nitrogens with one attached hydrogen (secondary N) is 2. The highest BCUT2D eigenvalue weighted by Gasteiger charge is 2.22. The molecule has 1 aromatic carbocycles. The molecule has 1 aromatic heterocycles. The van der Waals surface area contributed by atoms with Crippen molar-refractivity contribution in [2.45, 2.75) is 45.3 Å². The number of rotatable bonds is 3. The van der Waals surface area contributed by atoms with Crippen LogP contribution in [-0.2, 0) is 11.3 Å². The maximum Gasteiger partial charge on any atom is 0.240 e. The molecule has 0 bridgehead atoms. The van der Waals surface area contributed by atoms with Gasteiger partial charge in [-0.1, -0.05) is 12.1 Å². The van der Waals surface area contributed by atoms with Crippen LogP contribution < -0.4 is 10.6 Å². The molecule has 7 heteroatoms. The fraction of sp³-hybridized carbons (Fsp3) is 0.500. The van der Waals surface area contributed by atoms with Crippen molar-refractivity contribution in [3.63, 3.8) is 0 Å². The number of benzene rings is 1. The topological polar surface area (TPSA) is 59.0 Å². The van der Waals surface area contributed by atoms with Crippen LogP contribution in [0.25, 0.3) is 11.0 Å². The molecule has 2 heterocycles. The molecule has 5 nitrogen and oxygen atoms in total. The SMILES string of the molecule is Cc1nc2ccccc2n1CC(=O)NC1CCCNC1C.Cl.Cl. The van der Waals surface area contributed by atoms with Gasteiger partial charge in [-0.25, -0.2) is 4.98 Å². The quantitative estimate of drug-likeness (QED) is 0.885. The molecule has 0 radical (unpaired) electrons. The standard InChI is InChI=1S/C16H22N4O.2ClH/c1-11-13(7-5-9-17-11)19-16(21)10-20-12(2)18-14-6-3-4-8-15(14)20;;/h3-4,6,8,11,13,17H,5,7,9-10H2,1-2H3,(H,19,21);2*1H. The van der Waals surface area contributed by atoms with Crippen molar-refractivity contribution in [1.82, 2.24) is 20.2 Å². The third kappa shape index (κ3) is 4.37. The van der Waals surface area contributed by atoms with Crippen molar-refractivity contribution in [3.05, 3.63) is 30.1 Å². The molecule has 2 N–H and O–H groups in total. The second-order valence-corrected chi connectivity index (χ2v) is 5.79. The van der Waals surface area contributed by atoms with Gasteiger partial charge in [0.15, 0.2) is 0 Å². The zero-order valence-electron chi connectivity index (χ0n) is 13.4. The number of aromatic nitrogens is 2. The van der Waals surface area contributed by atoms with Gasteiger partial charge in [-0.2, -0.15) is 0 Å². The Bertz CT molecular complexity index is 659. The van der Waals surface area contributed by atoms with E-state index in [2.05, 4.69) is 22.5 Å². The molecule has 1 aliphatic rings. The van der Waals surface area contributed by atoms with Gasteiger partial charge in [-0.3, -0.25) is 4.79 Å². The molecule has 1 saturated heterocycles. The minimum absolute atomic E-state index is 0. The number of nitrogens with zero attached hydrogens (tertiary/aromatic N) is 2. The van der Waals surface area contributed by atoms with E-state index >= 15 is 0 Å². The number of carbonyl (C=O) groups is 1. The van der Waals surface area contributed by atoms with Crippen molar-refractivity contribution in [3.8, 4) is 0 Å².